The van der Waals surface area contributed by atoms with Crippen molar-refractivity contribution < 1.29 is 27.4 Å². The van der Waals surface area contributed by atoms with Gasteiger partial charge in [0.1, 0.15) is 5.75 Å². The van der Waals surface area contributed by atoms with Crippen molar-refractivity contribution in [2.45, 2.75) is 32.4 Å². The summed E-state index contributed by atoms with van der Waals surface area (Å²) < 4.78 is 51.7. The van der Waals surface area contributed by atoms with Crippen LogP contribution in [0.1, 0.15) is 25.3 Å². The number of pyridine rings is 1. The van der Waals surface area contributed by atoms with Crippen molar-refractivity contribution in [2.24, 2.45) is 5.92 Å². The standard InChI is InChI=1S/C21H20F3NO3/c1-2-3-16-13-26-20(27-14-16)11-5-15-4-10-19(25-12-15)17-6-8-18(9-7-17)28-21(22,23)24/h4,6-10,12,16,20H,2-3,13-14H2,1H3. The smallest absolute Gasteiger partial charge is 0.406 e. The van der Waals surface area contributed by atoms with Crippen LogP contribution in [-0.2, 0) is 9.47 Å². The number of alkyl halides is 3. The molecule has 0 aliphatic carbocycles. The topological polar surface area (TPSA) is 40.6 Å². The molecule has 1 saturated heterocycles. The fourth-order valence-corrected chi connectivity index (χ4v) is 2.81. The SMILES string of the molecule is CCCC1COC(C#Cc2ccc(-c3ccc(OC(F)(F)F)cc3)nc2)OC1. The van der Waals surface area contributed by atoms with Crippen molar-refractivity contribution >= 4 is 0 Å². The highest BCUT2D eigenvalue weighted by molar-refractivity contribution is 5.60. The molecule has 1 aliphatic rings. The third-order valence-electron chi connectivity index (χ3n) is 4.15. The van der Waals surface area contributed by atoms with Gasteiger partial charge in [0.05, 0.1) is 18.9 Å². The van der Waals surface area contributed by atoms with Gasteiger partial charge in [-0.2, -0.15) is 0 Å². The second kappa shape index (κ2) is 9.09. The third-order valence-corrected chi connectivity index (χ3v) is 4.15. The first-order chi connectivity index (χ1) is 13.4. The summed E-state index contributed by atoms with van der Waals surface area (Å²) in [4.78, 5) is 4.31. The van der Waals surface area contributed by atoms with Crippen LogP contribution >= 0.6 is 0 Å². The molecule has 1 fully saturated rings. The molecule has 0 saturated carbocycles. The number of halogens is 3. The van der Waals surface area contributed by atoms with Gasteiger partial charge in [0.15, 0.2) is 0 Å². The first kappa shape index (κ1) is 20.2. The van der Waals surface area contributed by atoms with Gasteiger partial charge < -0.3 is 14.2 Å². The fraction of sp³-hybridized carbons (Fsp3) is 0.381. The van der Waals surface area contributed by atoms with E-state index in [0.717, 1.165) is 12.8 Å². The lowest BCUT2D eigenvalue weighted by Crippen LogP contribution is -2.31. The summed E-state index contributed by atoms with van der Waals surface area (Å²) in [6.45, 7) is 3.43. The zero-order valence-electron chi connectivity index (χ0n) is 15.3. The molecule has 7 heteroatoms. The summed E-state index contributed by atoms with van der Waals surface area (Å²) >= 11 is 0. The largest absolute Gasteiger partial charge is 0.573 e. The lowest BCUT2D eigenvalue weighted by atomic mass is 10.1. The van der Waals surface area contributed by atoms with Gasteiger partial charge in [0.25, 0.3) is 0 Å². The van der Waals surface area contributed by atoms with E-state index in [9.17, 15) is 13.2 Å². The van der Waals surface area contributed by atoms with Crippen LogP contribution in [0.3, 0.4) is 0 Å². The van der Waals surface area contributed by atoms with Crippen molar-refractivity contribution in [3.8, 4) is 28.8 Å². The molecule has 0 amide bonds. The van der Waals surface area contributed by atoms with Crippen LogP contribution in [0.2, 0.25) is 0 Å². The highest BCUT2D eigenvalue weighted by Crippen LogP contribution is 2.25. The van der Waals surface area contributed by atoms with E-state index in [1.807, 2.05) is 0 Å². The number of benzene rings is 1. The van der Waals surface area contributed by atoms with Crippen LogP contribution in [0.15, 0.2) is 42.6 Å². The van der Waals surface area contributed by atoms with Crippen LogP contribution in [0.5, 0.6) is 5.75 Å². The van der Waals surface area contributed by atoms with Crippen molar-refractivity contribution in [3.05, 3.63) is 48.2 Å². The van der Waals surface area contributed by atoms with Crippen molar-refractivity contribution in [1.29, 1.82) is 0 Å². The second-order valence-electron chi connectivity index (χ2n) is 6.43. The summed E-state index contributed by atoms with van der Waals surface area (Å²) in [6, 6.07) is 9.08. The number of hydrogen-bond donors (Lipinski definition) is 0. The number of nitrogens with zero attached hydrogens (tertiary/aromatic N) is 1. The molecule has 0 N–H and O–H groups in total. The lowest BCUT2D eigenvalue weighted by Gasteiger charge is -2.26. The minimum atomic E-state index is -4.71. The number of rotatable bonds is 4. The van der Waals surface area contributed by atoms with Crippen LogP contribution in [-0.4, -0.2) is 30.9 Å². The summed E-state index contributed by atoms with van der Waals surface area (Å²) in [5, 5.41) is 0. The minimum Gasteiger partial charge on any atom is -0.406 e. The molecule has 2 aromatic rings. The maximum absolute atomic E-state index is 12.2. The number of ether oxygens (including phenoxy) is 3. The van der Waals surface area contributed by atoms with Crippen molar-refractivity contribution in [1.82, 2.24) is 4.98 Å². The molecule has 0 atom stereocenters. The Bertz CT molecular complexity index is 815. The van der Waals surface area contributed by atoms with E-state index in [-0.39, 0.29) is 5.75 Å². The zero-order chi connectivity index (χ0) is 20.0. The van der Waals surface area contributed by atoms with Gasteiger partial charge in [0.2, 0.25) is 6.29 Å². The van der Waals surface area contributed by atoms with E-state index >= 15 is 0 Å². The van der Waals surface area contributed by atoms with E-state index in [4.69, 9.17) is 9.47 Å². The van der Waals surface area contributed by atoms with Crippen LogP contribution < -0.4 is 4.74 Å². The Kier molecular flexibility index (Phi) is 6.55. The average Bonchev–Trinajstić information content (AvgIpc) is 2.68. The van der Waals surface area contributed by atoms with Crippen LogP contribution in [0, 0.1) is 17.8 Å². The Hall–Kier alpha value is -2.56. The maximum atomic E-state index is 12.2. The quantitative estimate of drug-likeness (QED) is 0.703. The molecular formula is C21H20F3NO3. The zero-order valence-corrected chi connectivity index (χ0v) is 15.3. The van der Waals surface area contributed by atoms with Crippen LogP contribution in [0.4, 0.5) is 13.2 Å². The molecule has 3 rings (SSSR count). The predicted octanol–water partition coefficient (Wildman–Crippen LogP) is 4.79. The Morgan fingerprint density at radius 1 is 1.11 bits per heavy atom. The summed E-state index contributed by atoms with van der Waals surface area (Å²) in [7, 11) is 0. The fourth-order valence-electron chi connectivity index (χ4n) is 2.81. The molecule has 4 nitrogen and oxygen atoms in total. The first-order valence-electron chi connectivity index (χ1n) is 9.00. The van der Waals surface area contributed by atoms with Crippen molar-refractivity contribution in [3.63, 3.8) is 0 Å². The van der Waals surface area contributed by atoms with Gasteiger partial charge >= 0.3 is 6.36 Å². The Morgan fingerprint density at radius 2 is 1.82 bits per heavy atom. The van der Waals surface area contributed by atoms with Gasteiger partial charge in [0, 0.05) is 23.2 Å². The van der Waals surface area contributed by atoms with E-state index in [2.05, 4.69) is 28.5 Å². The Morgan fingerprint density at radius 3 is 2.39 bits per heavy atom. The molecular weight excluding hydrogens is 371 g/mol. The minimum absolute atomic E-state index is 0.271. The number of aromatic nitrogens is 1. The van der Waals surface area contributed by atoms with Crippen molar-refractivity contribution in [2.75, 3.05) is 13.2 Å². The van der Waals surface area contributed by atoms with Crippen LogP contribution in [0.25, 0.3) is 11.3 Å². The first-order valence-corrected chi connectivity index (χ1v) is 9.00. The van der Waals surface area contributed by atoms with E-state index in [1.54, 1.807) is 18.3 Å². The normalized spacial score (nSPS) is 19.6. The maximum Gasteiger partial charge on any atom is 0.573 e. The van der Waals surface area contributed by atoms with Gasteiger partial charge in [-0.25, -0.2) is 0 Å². The molecule has 1 aromatic heterocycles. The number of hydrogen-bond acceptors (Lipinski definition) is 4. The van der Waals surface area contributed by atoms with Gasteiger partial charge in [-0.3, -0.25) is 4.98 Å². The molecule has 148 valence electrons. The Balaban J connectivity index is 1.59. The summed E-state index contributed by atoms with van der Waals surface area (Å²) in [5.41, 5.74) is 2.00. The molecule has 0 spiro atoms. The molecule has 0 radical (unpaired) electrons. The summed E-state index contributed by atoms with van der Waals surface area (Å²) in [6.07, 6.45) is -1.46. The highest BCUT2D eigenvalue weighted by atomic mass is 19.4. The molecule has 2 heterocycles. The third kappa shape index (κ3) is 5.98. The van der Waals surface area contributed by atoms with Gasteiger partial charge in [-0.15, -0.1) is 13.2 Å². The molecule has 1 aliphatic heterocycles. The molecule has 1 aromatic carbocycles. The van der Waals surface area contributed by atoms with Gasteiger partial charge in [-0.1, -0.05) is 19.3 Å². The summed E-state index contributed by atoms with van der Waals surface area (Å²) in [5.74, 6) is 6.06. The predicted molar refractivity (Wildman–Crippen MR) is 97.3 cm³/mol. The van der Waals surface area contributed by atoms with E-state index in [0.29, 0.717) is 36.0 Å². The monoisotopic (exact) mass is 391 g/mol. The van der Waals surface area contributed by atoms with E-state index in [1.165, 1.54) is 24.3 Å². The average molecular weight is 391 g/mol. The van der Waals surface area contributed by atoms with Gasteiger partial charge in [-0.05, 0) is 48.7 Å². The van der Waals surface area contributed by atoms with E-state index < -0.39 is 12.7 Å². The molecule has 0 bridgehead atoms. The molecule has 0 unspecified atom stereocenters. The lowest BCUT2D eigenvalue weighted by molar-refractivity contribution is -0.274. The Labute approximate surface area is 161 Å². The second-order valence-corrected chi connectivity index (χ2v) is 6.43. The highest BCUT2D eigenvalue weighted by Gasteiger charge is 2.31. The molecule has 28 heavy (non-hydrogen) atoms.